The fourth-order valence-electron chi connectivity index (χ4n) is 3.51. The first-order chi connectivity index (χ1) is 20.4. The lowest BCUT2D eigenvalue weighted by atomic mass is 10.2. The summed E-state index contributed by atoms with van der Waals surface area (Å²) in [4.78, 5) is 33.3. The van der Waals surface area contributed by atoms with Crippen molar-refractivity contribution in [3.63, 3.8) is 0 Å². The molecule has 2 amide bonds. The number of amides is 2. The van der Waals surface area contributed by atoms with Crippen molar-refractivity contribution in [1.29, 1.82) is 0 Å². The number of pyridine rings is 1. The van der Waals surface area contributed by atoms with Crippen molar-refractivity contribution in [1.82, 2.24) is 9.97 Å². The summed E-state index contributed by atoms with van der Waals surface area (Å²) in [6.45, 7) is 11.4. The second-order valence-corrected chi connectivity index (χ2v) is 13.1. The number of aromatic amines is 1. The fraction of sp³-hybridized carbons (Fsp3) is 0.300. The molecule has 0 radical (unpaired) electrons. The molecule has 0 aliphatic heterocycles. The predicted octanol–water partition coefficient (Wildman–Crippen LogP) is 8.31. The number of halogens is 3. The highest BCUT2D eigenvalue weighted by atomic mass is 79.9. The van der Waals surface area contributed by atoms with Gasteiger partial charge in [0.15, 0.2) is 17.4 Å². The number of fused-ring (bicyclic) bond motifs is 1. The van der Waals surface area contributed by atoms with Gasteiger partial charge in [-0.3, -0.25) is 4.21 Å². The molecule has 0 aliphatic rings. The molecule has 0 aliphatic carbocycles. The van der Waals surface area contributed by atoms with Crippen LogP contribution in [0.5, 0.6) is 11.5 Å². The number of ether oxygens (including phenoxy) is 3. The molecule has 4 aromatic rings. The van der Waals surface area contributed by atoms with Crippen LogP contribution >= 0.6 is 15.9 Å². The molecule has 1 N–H and O–H groups in total. The van der Waals surface area contributed by atoms with E-state index >= 15 is 8.78 Å². The van der Waals surface area contributed by atoms with Gasteiger partial charge < -0.3 is 23.7 Å². The van der Waals surface area contributed by atoms with Crippen LogP contribution in [0.1, 0.15) is 47.1 Å². The quantitative estimate of drug-likeness (QED) is 0.211. The van der Waals surface area contributed by atoms with Crippen LogP contribution in [0.2, 0.25) is 0 Å². The summed E-state index contributed by atoms with van der Waals surface area (Å²) in [7, 11) is 0. The molecule has 2 aromatic heterocycles. The lowest BCUT2D eigenvalue weighted by Crippen LogP contribution is -2.43. The zero-order chi connectivity index (χ0) is 33.0. The van der Waals surface area contributed by atoms with E-state index in [1.807, 2.05) is 6.92 Å². The van der Waals surface area contributed by atoms with E-state index in [0.29, 0.717) is 25.3 Å². The molecule has 236 valence electrons. The van der Waals surface area contributed by atoms with Gasteiger partial charge in [0.2, 0.25) is 0 Å². The number of hydrogen-bond donors (Lipinski definition) is 1. The topological polar surface area (TPSA) is 134 Å². The van der Waals surface area contributed by atoms with Crippen LogP contribution in [0.3, 0.4) is 0 Å². The third kappa shape index (κ3) is 9.31. The van der Waals surface area contributed by atoms with Gasteiger partial charge in [0.1, 0.15) is 22.6 Å². The minimum Gasteiger partial charge on any atom is -0.768 e. The van der Waals surface area contributed by atoms with Crippen molar-refractivity contribution >= 4 is 55.9 Å². The molecular formula is C30H31BrF2N3O7S-. The molecular weight excluding hydrogens is 664 g/mol. The average Bonchev–Trinajstić information content (AvgIpc) is 3.26. The Kier molecular flexibility index (Phi) is 10.9. The molecule has 2 heterocycles. The van der Waals surface area contributed by atoms with Gasteiger partial charge in [-0.25, -0.2) is 23.4 Å². The zero-order valence-corrected chi connectivity index (χ0v) is 27.4. The number of nitrogens with zero attached hydrogens (tertiary/aromatic N) is 2. The first-order valence-electron chi connectivity index (χ1n) is 13.1. The number of carbonyl (C=O) groups excluding carboxylic acids is 2. The molecule has 14 heteroatoms. The van der Waals surface area contributed by atoms with E-state index in [2.05, 4.69) is 25.9 Å². The zero-order valence-electron chi connectivity index (χ0n) is 25.0. The third-order valence-electron chi connectivity index (χ3n) is 5.31. The lowest BCUT2D eigenvalue weighted by molar-refractivity contribution is 0.0430. The second-order valence-electron chi connectivity index (χ2n) is 11.4. The molecule has 4 rings (SSSR count). The van der Waals surface area contributed by atoms with Gasteiger partial charge in [0.05, 0.1) is 11.1 Å². The van der Waals surface area contributed by atoms with E-state index in [9.17, 15) is 18.4 Å². The molecule has 1 unspecified atom stereocenters. The SMILES string of the molecule is CC(C)(C)OC(=O)N(C(=O)OC(C)(C)C)c1cc(F)c(Oc2ccnc3[nH]cc(Br)c23)c(F)c1.Cc1ccc(S(=O)[O-])cc1. The van der Waals surface area contributed by atoms with Crippen molar-refractivity contribution in [2.45, 2.75) is 64.6 Å². The van der Waals surface area contributed by atoms with Gasteiger partial charge in [-0.2, -0.15) is 4.90 Å². The van der Waals surface area contributed by atoms with E-state index in [1.165, 1.54) is 12.3 Å². The highest BCUT2D eigenvalue weighted by molar-refractivity contribution is 9.10. The van der Waals surface area contributed by atoms with Gasteiger partial charge in [0, 0.05) is 33.9 Å². The average molecular weight is 696 g/mol. The Morgan fingerprint density at radius 1 is 0.955 bits per heavy atom. The Bertz CT molecular complexity index is 1630. The number of hydrogen-bond acceptors (Lipinski definition) is 8. The summed E-state index contributed by atoms with van der Waals surface area (Å²) in [5.74, 6) is -2.88. The summed E-state index contributed by atoms with van der Waals surface area (Å²) in [6.07, 6.45) is 0.722. The van der Waals surface area contributed by atoms with Crippen molar-refractivity contribution < 1.29 is 41.3 Å². The number of benzene rings is 2. The molecule has 44 heavy (non-hydrogen) atoms. The molecule has 0 fully saturated rings. The van der Waals surface area contributed by atoms with Gasteiger partial charge >= 0.3 is 12.2 Å². The number of nitrogens with one attached hydrogen (secondary N) is 1. The van der Waals surface area contributed by atoms with Gasteiger partial charge in [-0.1, -0.05) is 17.7 Å². The van der Waals surface area contributed by atoms with E-state index in [0.717, 1.165) is 17.7 Å². The first-order valence-corrected chi connectivity index (χ1v) is 14.9. The minimum atomic E-state index is -2.09. The number of carbonyl (C=O) groups is 2. The Morgan fingerprint density at radius 2 is 1.48 bits per heavy atom. The van der Waals surface area contributed by atoms with Crippen molar-refractivity contribution in [3.05, 3.63) is 76.5 Å². The summed E-state index contributed by atoms with van der Waals surface area (Å²) < 4.78 is 67.3. The van der Waals surface area contributed by atoms with Crippen LogP contribution in [-0.4, -0.2) is 42.1 Å². The van der Waals surface area contributed by atoms with Crippen LogP contribution in [0.15, 0.2) is 64.2 Å². The van der Waals surface area contributed by atoms with Crippen LogP contribution < -0.4 is 9.64 Å². The third-order valence-corrected chi connectivity index (χ3v) is 6.59. The number of H-pyrrole nitrogens is 1. The fourth-order valence-corrected chi connectivity index (χ4v) is 4.36. The van der Waals surface area contributed by atoms with E-state index in [1.54, 1.807) is 72.0 Å². The summed E-state index contributed by atoms with van der Waals surface area (Å²) >= 11 is 1.24. The molecule has 2 aromatic carbocycles. The smallest absolute Gasteiger partial charge is 0.424 e. The van der Waals surface area contributed by atoms with Gasteiger partial charge in [-0.15, -0.1) is 0 Å². The van der Waals surface area contributed by atoms with Crippen molar-refractivity contribution in [2.75, 3.05) is 4.90 Å². The largest absolute Gasteiger partial charge is 0.768 e. The molecule has 0 saturated carbocycles. The number of aromatic nitrogens is 2. The minimum absolute atomic E-state index is 0.139. The number of aryl methyl sites for hydroxylation is 1. The Balaban J connectivity index is 0.000000448. The highest BCUT2D eigenvalue weighted by Crippen LogP contribution is 2.37. The first kappa shape index (κ1) is 34.6. The summed E-state index contributed by atoms with van der Waals surface area (Å²) in [5, 5.41) is 0.481. The maximum absolute atomic E-state index is 15.1. The predicted molar refractivity (Wildman–Crippen MR) is 164 cm³/mol. The van der Waals surface area contributed by atoms with E-state index in [-0.39, 0.29) is 5.75 Å². The number of rotatable bonds is 4. The lowest BCUT2D eigenvalue weighted by Gasteiger charge is -2.28. The molecule has 0 spiro atoms. The highest BCUT2D eigenvalue weighted by Gasteiger charge is 2.34. The maximum atomic E-state index is 15.1. The van der Waals surface area contributed by atoms with Gasteiger partial charge in [-0.05, 0) is 93.7 Å². The normalized spacial score (nSPS) is 12.2. The van der Waals surface area contributed by atoms with Crippen LogP contribution in [-0.2, 0) is 20.6 Å². The Morgan fingerprint density at radius 3 is 1.95 bits per heavy atom. The Hall–Kier alpha value is -3.88. The van der Waals surface area contributed by atoms with E-state index < -0.39 is 57.5 Å². The summed E-state index contributed by atoms with van der Waals surface area (Å²) in [6, 6.07) is 9.72. The van der Waals surface area contributed by atoms with E-state index in [4.69, 9.17) is 14.2 Å². The monoisotopic (exact) mass is 694 g/mol. The van der Waals surface area contributed by atoms with Gasteiger partial charge in [0.25, 0.3) is 0 Å². The standard InChI is InChI=1S/C23H24BrF2N3O5.C7H8O2S/c1-22(2,3)33-20(30)29(21(31)34-23(4,5)6)12-9-14(25)18(15(26)10-12)32-16-7-8-27-19-17(16)13(24)11-28-19;1-6-2-4-7(5-3-6)10(8)9/h7-11H,1-6H3,(H,27,28);2-5H,1H3,(H,8,9)/p-1. The summed E-state index contributed by atoms with van der Waals surface area (Å²) in [5.41, 5.74) is -0.868. The van der Waals surface area contributed by atoms with Crippen LogP contribution in [0.4, 0.5) is 24.1 Å². The Labute approximate surface area is 264 Å². The van der Waals surface area contributed by atoms with Crippen molar-refractivity contribution in [2.24, 2.45) is 0 Å². The number of anilines is 1. The maximum Gasteiger partial charge on any atom is 0.424 e. The number of imide groups is 1. The molecule has 0 bridgehead atoms. The molecule has 0 saturated heterocycles. The van der Waals surface area contributed by atoms with Crippen LogP contribution in [0, 0.1) is 18.6 Å². The molecule has 1 atom stereocenters. The van der Waals surface area contributed by atoms with Crippen molar-refractivity contribution in [3.8, 4) is 11.5 Å². The second kappa shape index (κ2) is 13.8. The van der Waals surface area contributed by atoms with Crippen LogP contribution in [0.25, 0.3) is 11.0 Å². The molecule has 10 nitrogen and oxygen atoms in total.